The minimum Gasteiger partial charge on any atom is -0.497 e. The van der Waals surface area contributed by atoms with Crippen molar-refractivity contribution < 1.29 is 4.74 Å². The Balaban J connectivity index is 3.01. The van der Waals surface area contributed by atoms with E-state index in [-0.39, 0.29) is 0 Å². The van der Waals surface area contributed by atoms with E-state index in [2.05, 4.69) is 18.2 Å². The molecule has 0 N–H and O–H groups in total. The van der Waals surface area contributed by atoms with Crippen molar-refractivity contribution in [1.29, 1.82) is 5.26 Å². The summed E-state index contributed by atoms with van der Waals surface area (Å²) < 4.78 is 5.24. The average Bonchev–Trinajstić information content (AvgIpc) is 2.30. The topological polar surface area (TPSA) is 33.0 Å². The van der Waals surface area contributed by atoms with Crippen LogP contribution in [0.5, 0.6) is 0 Å². The summed E-state index contributed by atoms with van der Waals surface area (Å²) in [6.07, 6.45) is 12.6. The van der Waals surface area contributed by atoms with Gasteiger partial charge in [0, 0.05) is 0 Å². The predicted octanol–water partition coefficient (Wildman–Crippen LogP) is 3.65. The van der Waals surface area contributed by atoms with Crippen molar-refractivity contribution >= 4 is 0 Å². The van der Waals surface area contributed by atoms with E-state index in [0.717, 1.165) is 29.7 Å². The maximum Gasteiger partial charge on any atom is 0.119 e. The monoisotopic (exact) mass is 215 g/mol. The molecule has 1 rings (SSSR count). The largest absolute Gasteiger partial charge is 0.497 e. The zero-order valence-electron chi connectivity index (χ0n) is 9.86. The summed E-state index contributed by atoms with van der Waals surface area (Å²) >= 11 is 0. The Morgan fingerprint density at radius 2 is 2.25 bits per heavy atom. The first-order valence-electron chi connectivity index (χ1n) is 5.43. The molecule has 0 bridgehead atoms. The van der Waals surface area contributed by atoms with E-state index in [1.807, 2.05) is 25.2 Å². The molecule has 0 aliphatic heterocycles. The Labute approximate surface area is 97.2 Å². The summed E-state index contributed by atoms with van der Waals surface area (Å²) in [6, 6.07) is 2.20. The Kier molecular flexibility index (Phi) is 5.15. The van der Waals surface area contributed by atoms with Gasteiger partial charge in [0.25, 0.3) is 0 Å². The SMILES string of the molecule is COC1=C/C=C/CC/C=C(CC#N)\C(C)=C\1. The van der Waals surface area contributed by atoms with Gasteiger partial charge in [0.1, 0.15) is 5.76 Å². The molecule has 2 heteroatoms. The molecule has 0 saturated heterocycles. The Morgan fingerprint density at radius 1 is 1.44 bits per heavy atom. The lowest BCUT2D eigenvalue weighted by Gasteiger charge is -2.07. The van der Waals surface area contributed by atoms with Crippen molar-refractivity contribution in [1.82, 2.24) is 0 Å². The van der Waals surface area contributed by atoms with Crippen molar-refractivity contribution in [3.63, 3.8) is 0 Å². The van der Waals surface area contributed by atoms with Crippen LogP contribution in [0.15, 0.2) is 47.3 Å². The van der Waals surface area contributed by atoms with Gasteiger partial charge in [-0.2, -0.15) is 5.26 Å². The van der Waals surface area contributed by atoms with E-state index in [1.54, 1.807) is 7.11 Å². The normalized spacial score (nSPS) is 28.4. The molecule has 0 aromatic heterocycles. The van der Waals surface area contributed by atoms with Crippen molar-refractivity contribution in [3.8, 4) is 6.07 Å². The number of allylic oxidation sites excluding steroid dienone is 7. The maximum atomic E-state index is 8.77. The standard InChI is InChI=1S/C14H17NO/c1-12-11-14(16-2)8-6-4-3-5-7-13(12)9-10-15/h4,6-8,11H,3,5,9H2,1-2H3/b6-4+,12-11+,13-7-,14-8+. The number of hydrogen-bond acceptors (Lipinski definition) is 2. The van der Waals surface area contributed by atoms with Gasteiger partial charge in [0.05, 0.1) is 19.6 Å². The fourth-order valence-corrected chi connectivity index (χ4v) is 1.55. The molecule has 84 valence electrons. The second kappa shape index (κ2) is 6.68. The Bertz CT molecular complexity index is 391. The molecular formula is C14H17NO. The highest BCUT2D eigenvalue weighted by Gasteiger charge is 2.02. The molecule has 0 radical (unpaired) electrons. The smallest absolute Gasteiger partial charge is 0.119 e. The van der Waals surface area contributed by atoms with Gasteiger partial charge in [-0.25, -0.2) is 0 Å². The predicted molar refractivity (Wildman–Crippen MR) is 65.5 cm³/mol. The molecular weight excluding hydrogens is 198 g/mol. The van der Waals surface area contributed by atoms with Gasteiger partial charge in [0.15, 0.2) is 0 Å². The first-order valence-corrected chi connectivity index (χ1v) is 5.43. The lowest BCUT2D eigenvalue weighted by molar-refractivity contribution is 0.306. The highest BCUT2D eigenvalue weighted by molar-refractivity contribution is 5.37. The van der Waals surface area contributed by atoms with Crippen molar-refractivity contribution in [2.75, 3.05) is 7.11 Å². The first kappa shape index (κ1) is 12.3. The third kappa shape index (κ3) is 3.78. The maximum absolute atomic E-state index is 8.77. The van der Waals surface area contributed by atoms with Gasteiger partial charge in [-0.1, -0.05) is 18.2 Å². The fraction of sp³-hybridized carbons (Fsp3) is 0.357. The van der Waals surface area contributed by atoms with Crippen LogP contribution in [-0.4, -0.2) is 7.11 Å². The summed E-state index contributed by atoms with van der Waals surface area (Å²) in [5.41, 5.74) is 2.20. The minimum absolute atomic E-state index is 0.461. The molecule has 2 nitrogen and oxygen atoms in total. The molecule has 0 aromatic carbocycles. The van der Waals surface area contributed by atoms with Crippen LogP contribution in [0.1, 0.15) is 26.2 Å². The van der Waals surface area contributed by atoms with Crippen LogP contribution in [0.4, 0.5) is 0 Å². The second-order valence-corrected chi connectivity index (χ2v) is 3.67. The number of ether oxygens (including phenoxy) is 1. The van der Waals surface area contributed by atoms with Crippen molar-refractivity contribution in [2.45, 2.75) is 26.2 Å². The van der Waals surface area contributed by atoms with Gasteiger partial charge >= 0.3 is 0 Å². The van der Waals surface area contributed by atoms with E-state index in [9.17, 15) is 0 Å². The number of methoxy groups -OCH3 is 1. The molecule has 1 aliphatic rings. The van der Waals surface area contributed by atoms with E-state index in [0.29, 0.717) is 6.42 Å². The molecule has 0 amide bonds. The van der Waals surface area contributed by atoms with Crippen LogP contribution >= 0.6 is 0 Å². The lowest BCUT2D eigenvalue weighted by Crippen LogP contribution is -1.90. The summed E-state index contributed by atoms with van der Waals surface area (Å²) in [6.45, 7) is 2.02. The summed E-state index contributed by atoms with van der Waals surface area (Å²) in [5, 5.41) is 8.77. The van der Waals surface area contributed by atoms with Gasteiger partial charge in [0.2, 0.25) is 0 Å². The van der Waals surface area contributed by atoms with E-state index in [4.69, 9.17) is 10.00 Å². The number of nitrogens with zero attached hydrogens (tertiary/aromatic N) is 1. The van der Waals surface area contributed by atoms with Crippen LogP contribution in [0.2, 0.25) is 0 Å². The van der Waals surface area contributed by atoms with Crippen LogP contribution < -0.4 is 0 Å². The lowest BCUT2D eigenvalue weighted by atomic mass is 10.0. The van der Waals surface area contributed by atoms with Crippen LogP contribution in [0.3, 0.4) is 0 Å². The minimum atomic E-state index is 0.461. The summed E-state index contributed by atoms with van der Waals surface area (Å²) in [4.78, 5) is 0. The molecule has 0 atom stereocenters. The molecule has 1 aliphatic carbocycles. The van der Waals surface area contributed by atoms with Crippen LogP contribution in [0.25, 0.3) is 0 Å². The van der Waals surface area contributed by atoms with Crippen molar-refractivity contribution in [3.05, 3.63) is 47.3 Å². The molecule has 0 spiro atoms. The second-order valence-electron chi connectivity index (χ2n) is 3.67. The zero-order valence-corrected chi connectivity index (χ0v) is 9.86. The fourth-order valence-electron chi connectivity index (χ4n) is 1.55. The van der Waals surface area contributed by atoms with Gasteiger partial charge in [-0.15, -0.1) is 0 Å². The first-order chi connectivity index (χ1) is 7.77. The van der Waals surface area contributed by atoms with E-state index >= 15 is 0 Å². The quantitative estimate of drug-likeness (QED) is 0.704. The van der Waals surface area contributed by atoms with Gasteiger partial charge in [-0.3, -0.25) is 0 Å². The van der Waals surface area contributed by atoms with Gasteiger partial charge < -0.3 is 4.74 Å². The molecule has 0 heterocycles. The Hall–Kier alpha value is -1.75. The third-order valence-electron chi connectivity index (χ3n) is 2.49. The third-order valence-corrected chi connectivity index (χ3v) is 2.49. The van der Waals surface area contributed by atoms with Crippen molar-refractivity contribution in [2.24, 2.45) is 0 Å². The number of rotatable bonds is 2. The van der Waals surface area contributed by atoms with Gasteiger partial charge in [-0.05, 0) is 43.1 Å². The highest BCUT2D eigenvalue weighted by Crippen LogP contribution is 2.18. The highest BCUT2D eigenvalue weighted by atomic mass is 16.5. The zero-order chi connectivity index (χ0) is 11.8. The summed E-state index contributed by atoms with van der Waals surface area (Å²) in [5.74, 6) is 0.819. The Morgan fingerprint density at radius 3 is 2.94 bits per heavy atom. The van der Waals surface area contributed by atoms with E-state index in [1.165, 1.54) is 0 Å². The number of nitriles is 1. The molecule has 0 aromatic rings. The van der Waals surface area contributed by atoms with Crippen LogP contribution in [0, 0.1) is 11.3 Å². The molecule has 0 fully saturated rings. The molecule has 0 saturated carbocycles. The summed E-state index contributed by atoms with van der Waals surface area (Å²) in [7, 11) is 1.66. The molecule has 0 unspecified atom stereocenters. The average molecular weight is 215 g/mol. The number of hydrogen-bond donors (Lipinski definition) is 0. The van der Waals surface area contributed by atoms with E-state index < -0.39 is 0 Å². The molecule has 16 heavy (non-hydrogen) atoms. The van der Waals surface area contributed by atoms with Crippen LogP contribution in [-0.2, 0) is 4.74 Å².